The Morgan fingerprint density at radius 2 is 1.71 bits per heavy atom. The summed E-state index contributed by atoms with van der Waals surface area (Å²) in [5.41, 5.74) is 5.12. The summed E-state index contributed by atoms with van der Waals surface area (Å²) in [6.07, 6.45) is -0.0673. The molecule has 2 saturated heterocycles. The second-order valence-electron chi connectivity index (χ2n) is 21.3. The van der Waals surface area contributed by atoms with E-state index >= 15 is 4.39 Å². The predicted molar refractivity (Wildman–Crippen MR) is 317 cm³/mol. The molecule has 2 aliphatic rings. The van der Waals surface area contributed by atoms with Gasteiger partial charge in [-0.15, -0.1) is 11.3 Å². The van der Waals surface area contributed by atoms with Crippen LogP contribution >= 0.6 is 22.9 Å². The number of aryl methyl sites for hydroxylation is 1. The molecule has 83 heavy (non-hydrogen) atoms. The molecule has 4 atom stereocenters. The minimum atomic E-state index is -0.906. The summed E-state index contributed by atoms with van der Waals surface area (Å²) in [5, 5.41) is 33.9. The van der Waals surface area contributed by atoms with Crippen molar-refractivity contribution in [1.29, 1.82) is 0 Å². The van der Waals surface area contributed by atoms with E-state index in [0.29, 0.717) is 81.6 Å². The van der Waals surface area contributed by atoms with Gasteiger partial charge in [-0.25, -0.2) is 14.4 Å². The number of piperazine rings is 1. The third kappa shape index (κ3) is 14.2. The molecule has 0 unspecified atom stereocenters. The lowest BCUT2D eigenvalue weighted by Gasteiger charge is -2.35. The average Bonchev–Trinajstić information content (AvgIpc) is 4.11. The number of ether oxygens (including phenoxy) is 4. The van der Waals surface area contributed by atoms with Crippen molar-refractivity contribution in [3.63, 3.8) is 0 Å². The lowest BCUT2D eigenvalue weighted by molar-refractivity contribution is -0.141. The number of hydrogen-bond donors (Lipinski definition) is 4. The number of carbonyl (C=O) groups is 3. The molecular weight excluding hydrogens is 1110 g/mol. The molecule has 2 aliphatic heterocycles. The van der Waals surface area contributed by atoms with Crippen LogP contribution in [0.4, 0.5) is 16.2 Å². The van der Waals surface area contributed by atoms with Gasteiger partial charge in [-0.2, -0.15) is 4.98 Å². The molecule has 4 aromatic carbocycles. The number of hydrogen-bond acceptors (Lipinski definition) is 18. The minimum absolute atomic E-state index is 0.00343. The molecule has 0 spiro atoms. The van der Waals surface area contributed by atoms with Crippen molar-refractivity contribution in [3.05, 3.63) is 100 Å². The van der Waals surface area contributed by atoms with Gasteiger partial charge in [0.25, 0.3) is 5.88 Å². The number of amides is 3. The van der Waals surface area contributed by atoms with Crippen LogP contribution < -0.4 is 25.0 Å². The number of likely N-dealkylation sites (tertiary alicyclic amines) is 1. The molecule has 0 saturated carbocycles. The highest BCUT2D eigenvalue weighted by atomic mass is 35.5. The highest BCUT2D eigenvalue weighted by molar-refractivity contribution is 7.13. The maximum absolute atomic E-state index is 17.0. The first-order valence-electron chi connectivity index (χ1n) is 28.0. The first-order valence-corrected chi connectivity index (χ1v) is 29.2. The lowest BCUT2D eigenvalue weighted by atomic mass is 9.91. The number of phenols is 1. The number of aliphatic hydroxyl groups is 1. The van der Waals surface area contributed by atoms with Gasteiger partial charge in [0.15, 0.2) is 11.6 Å². The van der Waals surface area contributed by atoms with Crippen molar-refractivity contribution >= 4 is 74.1 Å². The number of halogens is 2. The summed E-state index contributed by atoms with van der Waals surface area (Å²) in [4.78, 5) is 62.6. The van der Waals surface area contributed by atoms with Gasteiger partial charge in [0.2, 0.25) is 23.7 Å². The number of β-amino-alcohol motifs (C(OH)–C–C–N with tert-alkyl or cyclic N) is 1. The van der Waals surface area contributed by atoms with E-state index in [4.69, 9.17) is 45.0 Å². The molecule has 7 aromatic rings. The van der Waals surface area contributed by atoms with Gasteiger partial charge < -0.3 is 63.9 Å². The van der Waals surface area contributed by atoms with Gasteiger partial charge in [-0.1, -0.05) is 61.8 Å². The second-order valence-corrected chi connectivity index (χ2v) is 22.6. The maximum Gasteiger partial charge on any atom is 0.254 e. The number of carbonyl (C=O) groups excluding carboxylic acids is 3. The quantitative estimate of drug-likeness (QED) is 0.0393. The van der Waals surface area contributed by atoms with Crippen LogP contribution in [0.2, 0.25) is 5.02 Å². The van der Waals surface area contributed by atoms with E-state index in [0.717, 1.165) is 45.4 Å². The summed E-state index contributed by atoms with van der Waals surface area (Å²) in [6.45, 7) is 14.6. The van der Waals surface area contributed by atoms with E-state index in [9.17, 15) is 24.6 Å². The number of methoxy groups -OCH3 is 1. The number of thiazole rings is 1. The number of aromatic hydroxyl groups is 1. The SMILES string of the molecule is COc1cc(-c2scnc2C)ccc1[C@H](C)NC(=O)[C@@H]1C[C@@H](O)CN1C(=O)[C@@H](c1cc(OCCOCCOCCN(C)CCCNc2nc(N3CCN(C(C)=O)CC3)c3cc(Cl)c(-c4cc(O)cc5ccccc45)c(F)c3n2)no1)C(C)C. The number of aromatic nitrogens is 4. The zero-order valence-corrected chi connectivity index (χ0v) is 49.4. The number of nitrogens with one attached hydrogen (secondary N) is 2. The topological polar surface area (TPSA) is 230 Å². The molecule has 2 fully saturated rings. The van der Waals surface area contributed by atoms with Crippen LogP contribution in [0, 0.1) is 18.7 Å². The Balaban J connectivity index is 0.704. The molecule has 442 valence electrons. The van der Waals surface area contributed by atoms with Crippen molar-refractivity contribution in [2.24, 2.45) is 5.92 Å². The van der Waals surface area contributed by atoms with E-state index in [-0.39, 0.29) is 89.3 Å². The normalized spacial score (nSPS) is 16.3. The largest absolute Gasteiger partial charge is 0.508 e. The standard InChI is InChI=1S/C60H72ClFN10O10S/c1-35(2)52(59(77)72-33-42(75)30-48(72)58(76)65-36(3)43-14-13-40(28-49(43)78-7)56-37(4)64-34-83-56)50-32-51(68-82-50)81-26-25-80-24-23-79-22-21-69(6)16-10-15-63-60-66-55-46(57(67-60)71-19-17-70(18-20-71)38(5)73)31-47(61)53(54(55)62)45-29-41(74)27-39-11-8-9-12-44(39)45/h8-9,11-14,27-29,31-32,34-36,42,48,52,74-75H,10,15-26,30,33H2,1-7H3,(H,65,76)(H,63,66,67)/t36-,42+,48-,52+/m0/s1. The van der Waals surface area contributed by atoms with E-state index in [1.54, 1.807) is 54.0 Å². The fraction of sp³-hybridized carbons (Fsp3) is 0.450. The molecule has 0 bridgehead atoms. The first-order chi connectivity index (χ1) is 40.0. The smallest absolute Gasteiger partial charge is 0.254 e. The van der Waals surface area contributed by atoms with Gasteiger partial charge in [0.05, 0.1) is 66.8 Å². The van der Waals surface area contributed by atoms with Crippen LogP contribution in [-0.4, -0.2) is 174 Å². The Bertz CT molecular complexity index is 3410. The fourth-order valence-corrected chi connectivity index (χ4v) is 11.9. The van der Waals surface area contributed by atoms with E-state index < -0.39 is 29.9 Å². The molecular formula is C60H72ClFN10O10S. The molecule has 5 heterocycles. The molecule has 9 rings (SSSR count). The fourth-order valence-electron chi connectivity index (χ4n) is 10.8. The van der Waals surface area contributed by atoms with Crippen LogP contribution in [0.3, 0.4) is 0 Å². The number of fused-ring (bicyclic) bond motifs is 2. The Labute approximate surface area is 490 Å². The van der Waals surface area contributed by atoms with Crippen molar-refractivity contribution in [3.8, 4) is 38.9 Å². The number of likely N-dealkylation sites (N-methyl/N-ethyl adjacent to an activating group) is 1. The van der Waals surface area contributed by atoms with Gasteiger partial charge in [0, 0.05) is 81.7 Å². The summed E-state index contributed by atoms with van der Waals surface area (Å²) < 4.78 is 45.8. The lowest BCUT2D eigenvalue weighted by Crippen LogP contribution is -2.48. The molecule has 20 nitrogen and oxygen atoms in total. The number of rotatable bonds is 25. The molecule has 23 heteroatoms. The molecule has 3 aromatic heterocycles. The van der Waals surface area contributed by atoms with Gasteiger partial charge in [-0.3, -0.25) is 14.4 Å². The maximum atomic E-state index is 17.0. The van der Waals surface area contributed by atoms with Crippen LogP contribution in [0.25, 0.3) is 43.2 Å². The third-order valence-corrected chi connectivity index (χ3v) is 16.4. The number of aliphatic hydroxyl groups excluding tert-OH is 1. The third-order valence-electron chi connectivity index (χ3n) is 15.1. The van der Waals surface area contributed by atoms with Crippen LogP contribution in [-0.2, 0) is 23.9 Å². The number of benzene rings is 4. The van der Waals surface area contributed by atoms with Crippen LogP contribution in [0.5, 0.6) is 17.4 Å². The Hall–Kier alpha value is -7.21. The van der Waals surface area contributed by atoms with Gasteiger partial charge in [0.1, 0.15) is 41.4 Å². The minimum Gasteiger partial charge on any atom is -0.508 e. The van der Waals surface area contributed by atoms with Gasteiger partial charge in [-0.05, 0) is 91.1 Å². The molecule has 0 radical (unpaired) electrons. The highest BCUT2D eigenvalue weighted by Gasteiger charge is 2.44. The van der Waals surface area contributed by atoms with Crippen molar-refractivity contribution in [1.82, 2.24) is 40.1 Å². The average molecular weight is 1180 g/mol. The first kappa shape index (κ1) is 60.4. The Kier molecular flexibility index (Phi) is 20.0. The molecule has 4 N–H and O–H groups in total. The number of anilines is 2. The van der Waals surface area contributed by atoms with Crippen molar-refractivity contribution < 1.29 is 52.5 Å². The molecule has 0 aliphatic carbocycles. The Morgan fingerprint density at radius 3 is 2.45 bits per heavy atom. The van der Waals surface area contributed by atoms with E-state index in [1.807, 2.05) is 82.1 Å². The zero-order chi connectivity index (χ0) is 58.9. The monoisotopic (exact) mass is 1180 g/mol. The predicted octanol–water partition coefficient (Wildman–Crippen LogP) is 8.47. The van der Waals surface area contributed by atoms with Gasteiger partial charge >= 0.3 is 0 Å². The van der Waals surface area contributed by atoms with E-state index in [1.165, 1.54) is 11.0 Å². The second kappa shape index (κ2) is 27.5. The summed E-state index contributed by atoms with van der Waals surface area (Å²) in [6, 6.07) is 18.3. The Morgan fingerprint density at radius 1 is 0.952 bits per heavy atom. The summed E-state index contributed by atoms with van der Waals surface area (Å²) >= 11 is 8.44. The number of nitrogens with zero attached hydrogens (tertiary/aromatic N) is 8. The zero-order valence-electron chi connectivity index (χ0n) is 47.8. The molecule has 3 amide bonds. The van der Waals surface area contributed by atoms with Crippen LogP contribution in [0.15, 0.2) is 76.8 Å². The summed E-state index contributed by atoms with van der Waals surface area (Å²) in [7, 11) is 3.59. The van der Waals surface area contributed by atoms with Crippen LogP contribution in [0.1, 0.15) is 69.5 Å². The highest BCUT2D eigenvalue weighted by Crippen LogP contribution is 2.43. The van der Waals surface area contributed by atoms with E-state index in [2.05, 4.69) is 25.7 Å². The number of phenolic OH excluding ortho intramolecular Hbond substituents is 1. The summed E-state index contributed by atoms with van der Waals surface area (Å²) in [5.74, 6) is -0.561. The van der Waals surface area contributed by atoms with Crippen molar-refractivity contribution in [2.45, 2.75) is 71.6 Å². The van der Waals surface area contributed by atoms with Crippen molar-refractivity contribution in [2.75, 3.05) is 110 Å².